The van der Waals surface area contributed by atoms with Crippen molar-refractivity contribution in [1.82, 2.24) is 42.5 Å². The minimum atomic E-state index is -1.68. The lowest BCUT2D eigenvalue weighted by Gasteiger charge is -2.37. The van der Waals surface area contributed by atoms with Crippen LogP contribution in [0.4, 0.5) is 0 Å². The molecule has 17 heteroatoms. The number of carbonyl (C=O) groups excluding carboxylic acids is 9. The minimum absolute atomic E-state index is 0.0832. The van der Waals surface area contributed by atoms with E-state index in [1.807, 2.05) is 42.5 Å². The molecule has 8 amide bonds. The molecule has 0 spiro atoms. The minimum Gasteiger partial charge on any atom is -0.352 e. The Morgan fingerprint density at radius 1 is 0.464 bits per heavy atom. The van der Waals surface area contributed by atoms with Gasteiger partial charge in [0.05, 0.1) is 0 Å². The molecule has 0 aromatic heterocycles. The maximum absolute atomic E-state index is 14.1. The number of hydrogen-bond acceptors (Lipinski definition) is 9. The highest BCUT2D eigenvalue weighted by Gasteiger charge is 2.41. The molecule has 0 radical (unpaired) electrons. The van der Waals surface area contributed by atoms with E-state index in [-0.39, 0.29) is 31.5 Å². The van der Waals surface area contributed by atoms with Gasteiger partial charge in [-0.2, -0.15) is 0 Å². The van der Waals surface area contributed by atoms with Crippen LogP contribution in [0.25, 0.3) is 10.8 Å². The summed E-state index contributed by atoms with van der Waals surface area (Å²) >= 11 is 0. The number of fused-ring (bicyclic) bond motifs is 23. The van der Waals surface area contributed by atoms with Crippen LogP contribution in [0.3, 0.4) is 0 Å². The lowest BCUT2D eigenvalue weighted by atomic mass is 9.79. The molecule has 2 aliphatic heterocycles. The van der Waals surface area contributed by atoms with Crippen LogP contribution in [-0.4, -0.2) is 99.9 Å². The molecule has 3 fully saturated rings. The fourth-order valence-electron chi connectivity index (χ4n) is 7.97. The van der Waals surface area contributed by atoms with Gasteiger partial charge >= 0.3 is 0 Å². The molecule has 2 saturated heterocycles. The van der Waals surface area contributed by atoms with Crippen molar-refractivity contribution in [2.24, 2.45) is 5.92 Å². The topological polar surface area (TPSA) is 250 Å². The number of amides is 8. The molecule has 69 heavy (non-hydrogen) atoms. The van der Waals surface area contributed by atoms with Crippen molar-refractivity contribution in [3.8, 4) is 0 Å². The third-order valence-corrected chi connectivity index (χ3v) is 12.5. The predicted molar refractivity (Wildman–Crippen MR) is 258 cm³/mol. The predicted octanol–water partition coefficient (Wildman–Crippen LogP) is 2.43. The van der Waals surface area contributed by atoms with Gasteiger partial charge in [0.15, 0.2) is 5.78 Å². The Balaban J connectivity index is 1.24. The summed E-state index contributed by atoms with van der Waals surface area (Å²) in [5, 5.41) is 23.7. The fraction of sp³-hybridized carbons (Fsp3) is 0.404. The molecule has 3 aliphatic rings. The highest BCUT2D eigenvalue weighted by molar-refractivity contribution is 6.09. The van der Waals surface area contributed by atoms with Crippen LogP contribution in [0.1, 0.15) is 95.3 Å². The zero-order chi connectivity index (χ0) is 50.4. The Morgan fingerprint density at radius 3 is 1.49 bits per heavy atom. The first-order valence-corrected chi connectivity index (χ1v) is 23.1. The van der Waals surface area contributed by atoms with Crippen molar-refractivity contribution < 1.29 is 43.2 Å². The zero-order valence-corrected chi connectivity index (χ0v) is 40.2. The molecule has 4 aromatic carbocycles. The average Bonchev–Trinajstić information content (AvgIpc) is 3.28. The molecule has 2 heterocycles. The van der Waals surface area contributed by atoms with Gasteiger partial charge in [0.2, 0.25) is 47.3 Å². The third kappa shape index (κ3) is 12.8. The van der Waals surface area contributed by atoms with Gasteiger partial charge in [-0.3, -0.25) is 43.2 Å². The zero-order valence-electron chi connectivity index (χ0n) is 40.2. The molecule has 7 rings (SSSR count). The number of ketones is 1. The van der Waals surface area contributed by atoms with Crippen LogP contribution in [-0.2, 0) is 51.2 Å². The van der Waals surface area contributed by atoms with E-state index >= 15 is 0 Å². The fourth-order valence-corrected chi connectivity index (χ4v) is 7.97. The van der Waals surface area contributed by atoms with Crippen LogP contribution in [0.2, 0.25) is 0 Å². The summed E-state index contributed by atoms with van der Waals surface area (Å²) in [6, 6.07) is 23.4. The summed E-state index contributed by atoms with van der Waals surface area (Å²) in [7, 11) is 0. The maximum atomic E-state index is 14.1. The highest BCUT2D eigenvalue weighted by Crippen LogP contribution is 2.28. The Labute approximate surface area is 401 Å². The van der Waals surface area contributed by atoms with E-state index in [9.17, 15) is 43.2 Å². The van der Waals surface area contributed by atoms with Crippen LogP contribution in [0.5, 0.6) is 0 Å². The molecule has 17 nitrogen and oxygen atoms in total. The molecular formula is C52H62N8O9. The second kappa shape index (κ2) is 20.8. The van der Waals surface area contributed by atoms with Gasteiger partial charge in [0.25, 0.3) is 0 Å². The smallest absolute Gasteiger partial charge is 0.245 e. The van der Waals surface area contributed by atoms with Crippen LogP contribution < -0.4 is 42.5 Å². The second-order valence-corrected chi connectivity index (χ2v) is 19.7. The normalized spacial score (nSPS) is 24.9. The number of benzene rings is 4. The van der Waals surface area contributed by atoms with E-state index in [4.69, 9.17) is 0 Å². The SMILES string of the molecule is CC1NC(=O)C(C)(C)NC(=O)C(Cc2ccc3ccccc3c2)NC(=O)C2CC(C2)NC(=O)C(C)NC(=O)C(C)(C)NC(=O)C(Cc2ccc(C(=O)c3ccccc3)cc2)NC(=O)C(C)(C)NC1=O. The van der Waals surface area contributed by atoms with Crippen molar-refractivity contribution in [2.75, 3.05) is 0 Å². The Morgan fingerprint density at radius 2 is 0.913 bits per heavy atom. The molecule has 8 N–H and O–H groups in total. The van der Waals surface area contributed by atoms with Gasteiger partial charge < -0.3 is 42.5 Å². The summed E-state index contributed by atoms with van der Waals surface area (Å²) in [5.74, 6) is -6.12. The van der Waals surface area contributed by atoms with Gasteiger partial charge in [-0.15, -0.1) is 0 Å². The Bertz CT molecular complexity index is 2640. The van der Waals surface area contributed by atoms with Crippen molar-refractivity contribution >= 4 is 63.8 Å². The van der Waals surface area contributed by atoms with Gasteiger partial charge in [0.1, 0.15) is 40.8 Å². The standard InChI is InChI=1S/C52H62N8O9/c1-29-42(62)55-38-27-37(28-38)44(64)56-39(26-32-20-21-33-14-12-13-17-36(33)24-32)45(65)59-51(5,6)48(68)54-30(2)43(63)58-52(7,8)49(69)57-40(46(66)60-50(3,4)47(67)53-29)25-31-18-22-35(23-19-31)41(61)34-15-10-9-11-16-34/h9-24,29-30,37-40H,25-28H2,1-8H3,(H,53,67)(H,54,68)(H,55,62)(H,56,64)(H,57,69)(H,58,63)(H,59,65)(H,60,66). The average molecular weight is 943 g/mol. The van der Waals surface area contributed by atoms with Crippen molar-refractivity contribution in [1.29, 1.82) is 0 Å². The highest BCUT2D eigenvalue weighted by atomic mass is 16.2. The molecule has 4 atom stereocenters. The summed E-state index contributed by atoms with van der Waals surface area (Å²) in [6.45, 7) is 11.5. The number of rotatable bonds is 6. The van der Waals surface area contributed by atoms with E-state index in [1.54, 1.807) is 54.6 Å². The summed E-state index contributed by atoms with van der Waals surface area (Å²) in [6.07, 6.45) is 0.496. The largest absolute Gasteiger partial charge is 0.352 e. The van der Waals surface area contributed by atoms with Crippen LogP contribution in [0, 0.1) is 5.92 Å². The molecule has 4 aromatic rings. The van der Waals surface area contributed by atoms with Gasteiger partial charge in [0, 0.05) is 35.9 Å². The number of nitrogens with one attached hydrogen (secondary N) is 8. The summed E-state index contributed by atoms with van der Waals surface area (Å²) in [4.78, 5) is 123. The van der Waals surface area contributed by atoms with Crippen molar-refractivity contribution in [3.05, 3.63) is 119 Å². The molecule has 1 saturated carbocycles. The van der Waals surface area contributed by atoms with E-state index < -0.39 is 100 Å². The number of carbonyl (C=O) groups is 9. The van der Waals surface area contributed by atoms with E-state index in [2.05, 4.69) is 42.5 Å². The maximum Gasteiger partial charge on any atom is 0.245 e. The summed E-state index contributed by atoms with van der Waals surface area (Å²) < 4.78 is 0. The van der Waals surface area contributed by atoms with Gasteiger partial charge in [-0.05, 0) is 90.1 Å². The molecule has 1 aliphatic carbocycles. The van der Waals surface area contributed by atoms with Crippen molar-refractivity contribution in [2.45, 2.75) is 128 Å². The Kier molecular flexibility index (Phi) is 15.4. The van der Waals surface area contributed by atoms with Crippen molar-refractivity contribution in [3.63, 3.8) is 0 Å². The van der Waals surface area contributed by atoms with Crippen LogP contribution in [0.15, 0.2) is 97.1 Å². The first-order valence-electron chi connectivity index (χ1n) is 23.1. The van der Waals surface area contributed by atoms with Gasteiger partial charge in [-0.1, -0.05) is 97.1 Å². The molecular weight excluding hydrogens is 881 g/mol. The van der Waals surface area contributed by atoms with E-state index in [0.717, 1.165) is 16.3 Å². The van der Waals surface area contributed by atoms with Crippen LogP contribution >= 0.6 is 0 Å². The van der Waals surface area contributed by atoms with E-state index in [1.165, 1.54) is 55.4 Å². The van der Waals surface area contributed by atoms with Gasteiger partial charge in [-0.25, -0.2) is 0 Å². The quantitative estimate of drug-likeness (QED) is 0.104. The van der Waals surface area contributed by atoms with E-state index in [0.29, 0.717) is 16.7 Å². The molecule has 4 unspecified atom stereocenters. The molecule has 2 bridgehead atoms. The first-order chi connectivity index (χ1) is 32.4. The lowest BCUT2D eigenvalue weighted by molar-refractivity contribution is -0.139. The number of hydrogen-bond donors (Lipinski definition) is 8. The second-order valence-electron chi connectivity index (χ2n) is 19.7. The lowest BCUT2D eigenvalue weighted by Crippen LogP contribution is -2.65. The Hall–Kier alpha value is -7.43. The monoisotopic (exact) mass is 942 g/mol. The third-order valence-electron chi connectivity index (χ3n) is 12.5. The first kappa shape index (κ1) is 51.0. The summed E-state index contributed by atoms with van der Waals surface area (Å²) in [5.41, 5.74) is -2.71. The molecule has 364 valence electrons.